The van der Waals surface area contributed by atoms with Crippen LogP contribution in [0.4, 0.5) is 0 Å². The van der Waals surface area contributed by atoms with Crippen molar-refractivity contribution in [1.82, 2.24) is 9.97 Å². The van der Waals surface area contributed by atoms with Crippen molar-refractivity contribution in [2.75, 3.05) is 7.11 Å². The van der Waals surface area contributed by atoms with Crippen molar-refractivity contribution in [3.05, 3.63) is 63.8 Å². The third-order valence-corrected chi connectivity index (χ3v) is 2.70. The summed E-state index contributed by atoms with van der Waals surface area (Å²) in [5, 5.41) is 0. The van der Waals surface area contributed by atoms with Gasteiger partial charge in [0.1, 0.15) is 11.9 Å². The van der Waals surface area contributed by atoms with E-state index in [2.05, 4.69) is 9.97 Å². The second-order valence-electron chi connectivity index (χ2n) is 3.85. The van der Waals surface area contributed by atoms with Crippen molar-refractivity contribution in [1.29, 1.82) is 0 Å². The normalized spacial score (nSPS) is 12.3. The van der Waals surface area contributed by atoms with E-state index >= 15 is 0 Å². The molecule has 2 rings (SSSR count). The fraction of sp³-hybridized carbons (Fsp3) is 0.231. The van der Waals surface area contributed by atoms with Gasteiger partial charge in [0, 0.05) is 25.4 Å². The number of aromatic amines is 1. The molecule has 0 fully saturated rings. The Morgan fingerprint density at radius 3 is 2.67 bits per heavy atom. The van der Waals surface area contributed by atoms with E-state index in [1.54, 1.807) is 7.11 Å². The number of aromatic nitrogens is 2. The molecule has 3 N–H and O–H groups in total. The highest BCUT2D eigenvalue weighted by Crippen LogP contribution is 2.20. The van der Waals surface area contributed by atoms with Crippen LogP contribution in [0.5, 0.6) is 0 Å². The molecule has 1 aromatic carbocycles. The van der Waals surface area contributed by atoms with Gasteiger partial charge in [-0.2, -0.15) is 0 Å². The third kappa shape index (κ3) is 2.47. The van der Waals surface area contributed by atoms with Crippen LogP contribution in [-0.4, -0.2) is 17.1 Å². The zero-order valence-corrected chi connectivity index (χ0v) is 10.1. The lowest BCUT2D eigenvalue weighted by Crippen LogP contribution is -2.21. The summed E-state index contributed by atoms with van der Waals surface area (Å²) in [7, 11) is 1.58. The molecule has 94 valence electrons. The minimum atomic E-state index is -0.384. The van der Waals surface area contributed by atoms with Crippen LogP contribution in [0.15, 0.2) is 41.3 Å². The molecule has 0 aliphatic carbocycles. The molecule has 0 aliphatic heterocycles. The van der Waals surface area contributed by atoms with Crippen molar-refractivity contribution in [2.45, 2.75) is 12.6 Å². The van der Waals surface area contributed by atoms with Gasteiger partial charge in [0.15, 0.2) is 0 Å². The van der Waals surface area contributed by atoms with Gasteiger partial charge in [0.2, 0.25) is 0 Å². The van der Waals surface area contributed by atoms with Crippen LogP contribution in [0.1, 0.15) is 23.1 Å². The Labute approximate surface area is 105 Å². The molecule has 0 aliphatic rings. The number of nitrogens with zero attached hydrogens (tertiary/aromatic N) is 1. The summed E-state index contributed by atoms with van der Waals surface area (Å²) in [5.41, 5.74) is 6.60. The number of rotatable bonds is 4. The lowest BCUT2D eigenvalue weighted by atomic mass is 10.1. The van der Waals surface area contributed by atoms with Gasteiger partial charge < -0.3 is 15.5 Å². The number of benzene rings is 1. The van der Waals surface area contributed by atoms with Crippen molar-refractivity contribution in [3.63, 3.8) is 0 Å². The van der Waals surface area contributed by atoms with E-state index in [1.807, 2.05) is 30.3 Å². The minimum Gasteiger partial charge on any atom is -0.369 e. The summed E-state index contributed by atoms with van der Waals surface area (Å²) in [5.74, 6) is 0.478. The molecule has 0 bridgehead atoms. The fourth-order valence-corrected chi connectivity index (χ4v) is 1.75. The summed E-state index contributed by atoms with van der Waals surface area (Å²) in [6, 6.07) is 9.58. The number of nitrogens with one attached hydrogen (secondary N) is 1. The van der Waals surface area contributed by atoms with E-state index in [0.29, 0.717) is 11.4 Å². The number of H-pyrrole nitrogens is 1. The second kappa shape index (κ2) is 5.57. The average molecular weight is 245 g/mol. The topological polar surface area (TPSA) is 81.0 Å². The standard InChI is InChI=1S/C13H15N3O2/c1-18-11(9-5-3-2-4-6-9)12-15-8-10(7-14)13(17)16-12/h2-6,8,11H,7,14H2,1H3,(H,15,16,17). The zero-order chi connectivity index (χ0) is 13.0. The maximum atomic E-state index is 11.7. The van der Waals surface area contributed by atoms with Crippen LogP contribution in [-0.2, 0) is 11.3 Å². The first-order valence-corrected chi connectivity index (χ1v) is 5.62. The summed E-state index contributed by atoms with van der Waals surface area (Å²) in [6.45, 7) is 0.172. The molecule has 0 saturated carbocycles. The van der Waals surface area contributed by atoms with Gasteiger partial charge in [-0.15, -0.1) is 0 Å². The van der Waals surface area contributed by atoms with Gasteiger partial charge in [-0.25, -0.2) is 4.98 Å². The molecule has 0 amide bonds. The van der Waals surface area contributed by atoms with E-state index in [1.165, 1.54) is 6.20 Å². The molecule has 18 heavy (non-hydrogen) atoms. The molecule has 1 aromatic heterocycles. The Kier molecular flexibility index (Phi) is 3.86. The highest BCUT2D eigenvalue weighted by atomic mass is 16.5. The minimum absolute atomic E-state index is 0.172. The molecule has 0 spiro atoms. The number of hydrogen-bond donors (Lipinski definition) is 2. The lowest BCUT2D eigenvalue weighted by Gasteiger charge is -2.14. The number of hydrogen-bond acceptors (Lipinski definition) is 4. The highest BCUT2D eigenvalue weighted by Gasteiger charge is 2.15. The van der Waals surface area contributed by atoms with Gasteiger partial charge in [0.05, 0.1) is 0 Å². The van der Waals surface area contributed by atoms with E-state index < -0.39 is 0 Å². The smallest absolute Gasteiger partial charge is 0.255 e. The van der Waals surface area contributed by atoms with E-state index in [9.17, 15) is 4.79 Å². The third-order valence-electron chi connectivity index (χ3n) is 2.70. The molecule has 0 radical (unpaired) electrons. The molecule has 1 atom stereocenters. The number of methoxy groups -OCH3 is 1. The summed E-state index contributed by atoms with van der Waals surface area (Å²) in [6.07, 6.45) is 1.11. The Bertz CT molecular complexity index is 566. The first-order valence-electron chi connectivity index (χ1n) is 5.62. The molecule has 0 saturated heterocycles. The number of nitrogens with two attached hydrogens (primary N) is 1. The van der Waals surface area contributed by atoms with Crippen LogP contribution in [0.3, 0.4) is 0 Å². The van der Waals surface area contributed by atoms with E-state index in [0.717, 1.165) is 5.56 Å². The molecule has 2 aromatic rings. The van der Waals surface area contributed by atoms with Crippen molar-refractivity contribution in [2.24, 2.45) is 5.73 Å². The summed E-state index contributed by atoms with van der Waals surface area (Å²) >= 11 is 0. The molecule has 1 unspecified atom stereocenters. The second-order valence-corrected chi connectivity index (χ2v) is 3.85. The maximum absolute atomic E-state index is 11.7. The van der Waals surface area contributed by atoms with Gasteiger partial charge in [-0.1, -0.05) is 30.3 Å². The molecule has 5 nitrogen and oxygen atoms in total. The molecular formula is C13H15N3O2. The van der Waals surface area contributed by atoms with Crippen molar-refractivity contribution in [3.8, 4) is 0 Å². The van der Waals surface area contributed by atoms with Crippen LogP contribution >= 0.6 is 0 Å². The predicted molar refractivity (Wildman–Crippen MR) is 68.0 cm³/mol. The monoisotopic (exact) mass is 245 g/mol. The Hall–Kier alpha value is -1.98. The quantitative estimate of drug-likeness (QED) is 0.840. The first kappa shape index (κ1) is 12.5. The van der Waals surface area contributed by atoms with Gasteiger partial charge in [-0.3, -0.25) is 4.79 Å². The lowest BCUT2D eigenvalue weighted by molar-refractivity contribution is 0.128. The highest BCUT2D eigenvalue weighted by molar-refractivity contribution is 5.23. The Morgan fingerprint density at radius 2 is 2.11 bits per heavy atom. The van der Waals surface area contributed by atoms with Gasteiger partial charge >= 0.3 is 0 Å². The SMILES string of the molecule is COC(c1ccccc1)c1ncc(CN)c(=O)[nH]1. The molecule has 5 heteroatoms. The maximum Gasteiger partial charge on any atom is 0.255 e. The Balaban J connectivity index is 2.40. The predicted octanol–water partition coefficient (Wildman–Crippen LogP) is 0.964. The van der Waals surface area contributed by atoms with Crippen LogP contribution in [0.2, 0.25) is 0 Å². The van der Waals surface area contributed by atoms with Crippen molar-refractivity contribution < 1.29 is 4.74 Å². The molecular weight excluding hydrogens is 230 g/mol. The summed E-state index contributed by atoms with van der Waals surface area (Å²) < 4.78 is 5.39. The zero-order valence-electron chi connectivity index (χ0n) is 10.1. The van der Waals surface area contributed by atoms with Crippen LogP contribution in [0, 0.1) is 0 Å². The van der Waals surface area contributed by atoms with Crippen LogP contribution < -0.4 is 11.3 Å². The van der Waals surface area contributed by atoms with Crippen molar-refractivity contribution >= 4 is 0 Å². The van der Waals surface area contributed by atoms with E-state index in [-0.39, 0.29) is 18.2 Å². The summed E-state index contributed by atoms with van der Waals surface area (Å²) in [4.78, 5) is 18.6. The first-order chi connectivity index (χ1) is 8.76. The number of ether oxygens (including phenoxy) is 1. The molecule has 1 heterocycles. The van der Waals surface area contributed by atoms with Gasteiger partial charge in [0.25, 0.3) is 5.56 Å². The average Bonchev–Trinajstić information content (AvgIpc) is 2.41. The van der Waals surface area contributed by atoms with E-state index in [4.69, 9.17) is 10.5 Å². The Morgan fingerprint density at radius 1 is 1.39 bits per heavy atom. The fourth-order valence-electron chi connectivity index (χ4n) is 1.75. The largest absolute Gasteiger partial charge is 0.369 e. The van der Waals surface area contributed by atoms with Gasteiger partial charge in [-0.05, 0) is 5.56 Å². The van der Waals surface area contributed by atoms with Crippen LogP contribution in [0.25, 0.3) is 0 Å².